The summed E-state index contributed by atoms with van der Waals surface area (Å²) in [6.45, 7) is 1.08. The highest BCUT2D eigenvalue weighted by Crippen LogP contribution is 2.44. The van der Waals surface area contributed by atoms with E-state index in [-0.39, 0.29) is 17.0 Å². The number of halogens is 4. The molecule has 0 radical (unpaired) electrons. The normalized spacial score (nSPS) is 16.3. The molecule has 8 heteroatoms. The molecule has 4 nitrogen and oxygen atoms in total. The fourth-order valence-corrected chi connectivity index (χ4v) is 6.01. The zero-order valence-electron chi connectivity index (χ0n) is 20.4. The predicted molar refractivity (Wildman–Crippen MR) is 146 cm³/mol. The maximum atomic E-state index is 16.0. The summed E-state index contributed by atoms with van der Waals surface area (Å²) in [4.78, 5) is 24.6. The van der Waals surface area contributed by atoms with Crippen molar-refractivity contribution in [3.63, 3.8) is 0 Å². The molecule has 3 aromatic carbocycles. The molecule has 0 aromatic heterocycles. The van der Waals surface area contributed by atoms with E-state index >= 15 is 8.78 Å². The Morgan fingerprint density at radius 2 is 1.63 bits per heavy atom. The highest BCUT2D eigenvalue weighted by atomic mass is 35.5. The number of rotatable bonds is 5. The van der Waals surface area contributed by atoms with Gasteiger partial charge >= 0.3 is 5.97 Å². The molecule has 196 valence electrons. The number of hydrogen-bond donors (Lipinski definition) is 1. The Morgan fingerprint density at radius 3 is 2.26 bits per heavy atom. The summed E-state index contributed by atoms with van der Waals surface area (Å²) < 4.78 is 32.0. The van der Waals surface area contributed by atoms with E-state index in [1.807, 2.05) is 4.90 Å². The molecule has 0 saturated carbocycles. The monoisotopic (exact) mass is 555 g/mol. The maximum Gasteiger partial charge on any atom is 0.335 e. The number of carbonyl (C=O) groups excluding carboxylic acids is 1. The predicted octanol–water partition coefficient (Wildman–Crippen LogP) is 7.68. The van der Waals surface area contributed by atoms with E-state index in [2.05, 4.69) is 0 Å². The molecule has 0 unspecified atom stereocenters. The van der Waals surface area contributed by atoms with Crippen LogP contribution in [-0.2, 0) is 11.2 Å². The standard InChI is InChI=1S/C30H25Cl2F2NO3/c31-20-5-7-23(25(32)13-20)24-3-1-2-18-12-19(30(37)38)4-6-22(18)28(24)29-26(33)14-21(15-27(29)34)35-10-8-17(16-36)9-11-35/h4-7,12-17H,1-3,8-11H2,(H,37,38). The average molecular weight is 556 g/mol. The number of carboxylic acid groups (broad SMARTS) is 1. The van der Waals surface area contributed by atoms with Crippen molar-refractivity contribution in [1.29, 1.82) is 0 Å². The van der Waals surface area contributed by atoms with Gasteiger partial charge in [-0.05, 0) is 96.3 Å². The second-order valence-electron chi connectivity index (χ2n) is 9.75. The minimum Gasteiger partial charge on any atom is -0.478 e. The Balaban J connectivity index is 1.71. The van der Waals surface area contributed by atoms with Crippen molar-refractivity contribution in [2.75, 3.05) is 18.0 Å². The highest BCUT2D eigenvalue weighted by molar-refractivity contribution is 6.36. The van der Waals surface area contributed by atoms with Crippen molar-refractivity contribution in [1.82, 2.24) is 0 Å². The van der Waals surface area contributed by atoms with Crippen LogP contribution in [0.4, 0.5) is 14.5 Å². The lowest BCUT2D eigenvalue weighted by atomic mass is 9.86. The molecule has 5 rings (SSSR count). The van der Waals surface area contributed by atoms with Crippen molar-refractivity contribution >= 4 is 52.3 Å². The van der Waals surface area contributed by atoms with E-state index in [9.17, 15) is 14.7 Å². The van der Waals surface area contributed by atoms with Gasteiger partial charge in [0.2, 0.25) is 0 Å². The molecular formula is C30H25Cl2F2NO3. The van der Waals surface area contributed by atoms with E-state index in [1.165, 1.54) is 18.2 Å². The Hall–Kier alpha value is -3.22. The molecular weight excluding hydrogens is 531 g/mol. The van der Waals surface area contributed by atoms with Crippen LogP contribution >= 0.6 is 23.2 Å². The SMILES string of the molecule is O=CC1CCN(c2cc(F)c(C3=C(c4ccc(Cl)cc4Cl)CCCc4cc(C(=O)O)ccc43)c(F)c2)CC1. The minimum atomic E-state index is -1.07. The van der Waals surface area contributed by atoms with Crippen molar-refractivity contribution in [3.05, 3.63) is 98.0 Å². The number of carbonyl (C=O) groups is 2. The summed E-state index contributed by atoms with van der Waals surface area (Å²) in [6, 6.07) is 12.4. The molecule has 1 aliphatic heterocycles. The van der Waals surface area contributed by atoms with E-state index in [0.29, 0.717) is 88.8 Å². The summed E-state index contributed by atoms with van der Waals surface area (Å²) in [6.07, 6.45) is 3.88. The van der Waals surface area contributed by atoms with Gasteiger partial charge in [0.05, 0.1) is 11.1 Å². The zero-order valence-corrected chi connectivity index (χ0v) is 22.0. The summed E-state index contributed by atoms with van der Waals surface area (Å²) in [5.41, 5.74) is 3.31. The molecule has 0 atom stereocenters. The number of nitrogens with zero attached hydrogens (tertiary/aromatic N) is 1. The summed E-state index contributed by atoms with van der Waals surface area (Å²) in [5, 5.41) is 10.3. The smallest absolute Gasteiger partial charge is 0.335 e. The first-order valence-electron chi connectivity index (χ1n) is 12.5. The van der Waals surface area contributed by atoms with Gasteiger partial charge in [0.1, 0.15) is 17.9 Å². The van der Waals surface area contributed by atoms with Gasteiger partial charge in [-0.3, -0.25) is 0 Å². The zero-order chi connectivity index (χ0) is 27.0. The third-order valence-electron chi connectivity index (χ3n) is 7.43. The largest absolute Gasteiger partial charge is 0.478 e. The van der Waals surface area contributed by atoms with Crippen LogP contribution < -0.4 is 4.90 Å². The number of aromatic carboxylic acids is 1. The Kier molecular flexibility index (Phi) is 7.55. The first-order chi connectivity index (χ1) is 18.3. The third-order valence-corrected chi connectivity index (χ3v) is 7.97. The lowest BCUT2D eigenvalue weighted by molar-refractivity contribution is -0.111. The molecule has 0 bridgehead atoms. The molecule has 0 spiro atoms. The number of anilines is 1. The van der Waals surface area contributed by atoms with Crippen LogP contribution in [0.15, 0.2) is 48.5 Å². The van der Waals surface area contributed by atoms with Gasteiger partial charge in [0.25, 0.3) is 0 Å². The molecule has 2 aliphatic rings. The number of carboxylic acids is 1. The Morgan fingerprint density at radius 1 is 0.947 bits per heavy atom. The van der Waals surface area contributed by atoms with Crippen molar-refractivity contribution in [2.24, 2.45) is 5.92 Å². The number of allylic oxidation sites excluding steroid dienone is 1. The van der Waals surface area contributed by atoms with Crippen LogP contribution in [0.2, 0.25) is 10.0 Å². The Bertz CT molecular complexity index is 1440. The van der Waals surface area contributed by atoms with Gasteiger partial charge in [-0.25, -0.2) is 13.6 Å². The number of piperidine rings is 1. The van der Waals surface area contributed by atoms with E-state index in [0.717, 1.165) is 6.29 Å². The summed E-state index contributed by atoms with van der Waals surface area (Å²) in [5.74, 6) is -2.53. The van der Waals surface area contributed by atoms with Crippen molar-refractivity contribution in [3.8, 4) is 0 Å². The van der Waals surface area contributed by atoms with Gasteiger partial charge in [-0.15, -0.1) is 0 Å². The Labute approximate surface area is 229 Å². The third kappa shape index (κ3) is 5.07. The van der Waals surface area contributed by atoms with Gasteiger partial charge in [-0.1, -0.05) is 35.3 Å². The van der Waals surface area contributed by atoms with Gasteiger partial charge in [0, 0.05) is 34.7 Å². The molecule has 3 aromatic rings. The number of aryl methyl sites for hydroxylation is 1. The van der Waals surface area contributed by atoms with Gasteiger partial charge in [-0.2, -0.15) is 0 Å². The quantitative estimate of drug-likeness (QED) is 0.328. The van der Waals surface area contributed by atoms with Gasteiger partial charge < -0.3 is 14.8 Å². The fourth-order valence-electron chi connectivity index (χ4n) is 5.48. The van der Waals surface area contributed by atoms with Crippen molar-refractivity contribution < 1.29 is 23.5 Å². The summed E-state index contributed by atoms with van der Waals surface area (Å²) in [7, 11) is 0. The van der Waals surface area contributed by atoms with Crippen molar-refractivity contribution in [2.45, 2.75) is 32.1 Å². The number of aldehydes is 1. The van der Waals surface area contributed by atoms with Crippen LogP contribution in [0.25, 0.3) is 11.1 Å². The fraction of sp³-hybridized carbons (Fsp3) is 0.267. The van der Waals surface area contributed by atoms with Crippen LogP contribution in [0.5, 0.6) is 0 Å². The lowest BCUT2D eigenvalue weighted by Gasteiger charge is -2.32. The first-order valence-corrected chi connectivity index (χ1v) is 13.3. The van der Waals surface area contributed by atoms with E-state index in [4.69, 9.17) is 23.2 Å². The first kappa shape index (κ1) is 26.4. The number of benzene rings is 3. The van der Waals surface area contributed by atoms with E-state index < -0.39 is 17.6 Å². The number of fused-ring (bicyclic) bond motifs is 1. The molecule has 1 saturated heterocycles. The van der Waals surface area contributed by atoms with Crippen LogP contribution in [0.1, 0.15) is 58.3 Å². The maximum absolute atomic E-state index is 16.0. The van der Waals surface area contributed by atoms with Gasteiger partial charge in [0.15, 0.2) is 0 Å². The molecule has 1 N–H and O–H groups in total. The van der Waals surface area contributed by atoms with Crippen LogP contribution in [0.3, 0.4) is 0 Å². The molecule has 1 heterocycles. The average Bonchev–Trinajstić information content (AvgIpc) is 3.07. The lowest BCUT2D eigenvalue weighted by Crippen LogP contribution is -2.34. The van der Waals surface area contributed by atoms with Crippen LogP contribution in [-0.4, -0.2) is 30.5 Å². The molecule has 38 heavy (non-hydrogen) atoms. The second-order valence-corrected chi connectivity index (χ2v) is 10.6. The second kappa shape index (κ2) is 10.9. The molecule has 1 fully saturated rings. The number of hydrogen-bond acceptors (Lipinski definition) is 3. The molecule has 1 aliphatic carbocycles. The summed E-state index contributed by atoms with van der Waals surface area (Å²) >= 11 is 12.7. The highest BCUT2D eigenvalue weighted by Gasteiger charge is 2.28. The topological polar surface area (TPSA) is 57.6 Å². The molecule has 0 amide bonds. The minimum absolute atomic E-state index is 0.0322. The van der Waals surface area contributed by atoms with E-state index in [1.54, 1.807) is 30.3 Å². The van der Waals surface area contributed by atoms with Crippen LogP contribution in [0, 0.1) is 17.6 Å².